The van der Waals surface area contributed by atoms with Crippen LogP contribution in [0.25, 0.3) is 0 Å². The van der Waals surface area contributed by atoms with Gasteiger partial charge in [-0.3, -0.25) is 9.59 Å². The summed E-state index contributed by atoms with van der Waals surface area (Å²) in [4.78, 5) is 27.2. The first-order valence-corrected chi connectivity index (χ1v) is 10.8. The Labute approximate surface area is 159 Å². The molecule has 6 nitrogen and oxygen atoms in total. The van der Waals surface area contributed by atoms with E-state index >= 15 is 0 Å². The zero-order chi connectivity index (χ0) is 19.6. The summed E-state index contributed by atoms with van der Waals surface area (Å²) in [6.45, 7) is 2.17. The van der Waals surface area contributed by atoms with Crippen LogP contribution in [0.3, 0.4) is 0 Å². The minimum atomic E-state index is -3.27. The van der Waals surface area contributed by atoms with Gasteiger partial charge in [0.1, 0.15) is 15.9 Å². The van der Waals surface area contributed by atoms with E-state index in [0.29, 0.717) is 17.8 Å². The van der Waals surface area contributed by atoms with E-state index in [0.717, 1.165) is 17.4 Å². The molecule has 0 aromatic heterocycles. The first-order valence-electron chi connectivity index (χ1n) is 8.69. The molecule has 2 amide bonds. The summed E-state index contributed by atoms with van der Waals surface area (Å²) in [6.07, 6.45) is 1.18. The normalized spacial score (nSPS) is 14.7. The van der Waals surface area contributed by atoms with Gasteiger partial charge in [-0.1, -0.05) is 36.4 Å². The molecule has 142 valence electrons. The molecule has 0 unspecified atom stereocenters. The average Bonchev–Trinajstić information content (AvgIpc) is 2.93. The van der Waals surface area contributed by atoms with Crippen molar-refractivity contribution in [3.63, 3.8) is 0 Å². The molecule has 1 N–H and O–H groups in total. The second-order valence-electron chi connectivity index (χ2n) is 6.83. The van der Waals surface area contributed by atoms with E-state index in [1.807, 2.05) is 37.3 Å². The van der Waals surface area contributed by atoms with Gasteiger partial charge in [0.05, 0.1) is 5.75 Å². The third-order valence-corrected chi connectivity index (χ3v) is 5.67. The lowest BCUT2D eigenvalue weighted by Gasteiger charge is -2.27. The molecule has 1 aliphatic heterocycles. The number of anilines is 1. The Kier molecular flexibility index (Phi) is 5.32. The predicted octanol–water partition coefficient (Wildman–Crippen LogP) is 2.39. The third-order valence-electron chi connectivity index (χ3n) is 4.69. The van der Waals surface area contributed by atoms with Gasteiger partial charge in [-0.05, 0) is 36.6 Å². The largest absolute Gasteiger partial charge is 0.324 e. The van der Waals surface area contributed by atoms with Crippen LogP contribution in [0.15, 0.2) is 48.5 Å². The van der Waals surface area contributed by atoms with E-state index < -0.39 is 15.9 Å². The number of nitrogens with zero attached hydrogens (tertiary/aromatic N) is 1. The van der Waals surface area contributed by atoms with Crippen molar-refractivity contribution in [3.05, 3.63) is 65.2 Å². The molecule has 3 rings (SSSR count). The number of sulfone groups is 1. The number of nitrogens with one attached hydrogen (secondary N) is 1. The van der Waals surface area contributed by atoms with E-state index in [2.05, 4.69) is 5.32 Å². The van der Waals surface area contributed by atoms with Gasteiger partial charge in [0.15, 0.2) is 0 Å². The van der Waals surface area contributed by atoms with Crippen molar-refractivity contribution < 1.29 is 18.0 Å². The Morgan fingerprint density at radius 2 is 1.81 bits per heavy atom. The van der Waals surface area contributed by atoms with Crippen LogP contribution in [0.1, 0.15) is 27.9 Å². The number of aryl methyl sites for hydroxylation is 1. The third kappa shape index (κ3) is 4.36. The van der Waals surface area contributed by atoms with Gasteiger partial charge < -0.3 is 10.2 Å². The van der Waals surface area contributed by atoms with Crippen LogP contribution in [-0.4, -0.2) is 43.2 Å². The topological polar surface area (TPSA) is 83.6 Å². The van der Waals surface area contributed by atoms with Gasteiger partial charge in [-0.15, -0.1) is 0 Å². The van der Waals surface area contributed by atoms with E-state index in [-0.39, 0.29) is 24.0 Å². The molecule has 7 heteroatoms. The highest BCUT2D eigenvalue weighted by Gasteiger charge is 2.36. The molecule has 2 aromatic carbocycles. The Bertz CT molecular complexity index is 985. The van der Waals surface area contributed by atoms with Crippen LogP contribution in [-0.2, 0) is 21.2 Å². The molecular formula is C20H22N2O4S. The minimum Gasteiger partial charge on any atom is -0.324 e. The maximum Gasteiger partial charge on any atom is 0.255 e. The van der Waals surface area contributed by atoms with Crippen LogP contribution < -0.4 is 5.32 Å². The molecule has 1 atom stereocenters. The van der Waals surface area contributed by atoms with Crippen LogP contribution in [0, 0.1) is 6.92 Å². The van der Waals surface area contributed by atoms with Gasteiger partial charge in [0, 0.05) is 24.1 Å². The van der Waals surface area contributed by atoms with Gasteiger partial charge in [-0.2, -0.15) is 0 Å². The SMILES string of the molecule is Cc1ccccc1NC(=O)[C@H](CCS(C)(=O)=O)N1Cc2ccccc2C1=O. The summed E-state index contributed by atoms with van der Waals surface area (Å²) in [7, 11) is -3.27. The minimum absolute atomic E-state index is 0.0519. The molecule has 1 aliphatic rings. The van der Waals surface area contributed by atoms with E-state index in [4.69, 9.17) is 0 Å². The summed E-state index contributed by atoms with van der Waals surface area (Å²) in [5, 5.41) is 2.84. The standard InChI is InChI=1S/C20H22N2O4S/c1-14-7-3-6-10-17(14)21-19(23)18(11-12-27(2,25)26)22-13-15-8-4-5-9-16(15)20(22)24/h3-10,18H,11-13H2,1-2H3,(H,21,23)/t18-/m0/s1. The van der Waals surface area contributed by atoms with Crippen LogP contribution in [0.2, 0.25) is 0 Å². The smallest absolute Gasteiger partial charge is 0.255 e. The van der Waals surface area contributed by atoms with Crippen molar-refractivity contribution in [2.75, 3.05) is 17.3 Å². The number of rotatable bonds is 6. The zero-order valence-electron chi connectivity index (χ0n) is 15.3. The summed E-state index contributed by atoms with van der Waals surface area (Å²) in [5.74, 6) is -0.794. The highest BCUT2D eigenvalue weighted by atomic mass is 32.2. The van der Waals surface area contributed by atoms with Crippen molar-refractivity contribution in [2.24, 2.45) is 0 Å². The van der Waals surface area contributed by atoms with Gasteiger partial charge >= 0.3 is 0 Å². The molecule has 0 aliphatic carbocycles. The maximum absolute atomic E-state index is 13.0. The Morgan fingerprint density at radius 1 is 1.15 bits per heavy atom. The highest BCUT2D eigenvalue weighted by Crippen LogP contribution is 2.26. The number of para-hydroxylation sites is 1. The van der Waals surface area contributed by atoms with Gasteiger partial charge in [0.2, 0.25) is 5.91 Å². The van der Waals surface area contributed by atoms with E-state index in [9.17, 15) is 18.0 Å². The van der Waals surface area contributed by atoms with E-state index in [1.165, 1.54) is 4.90 Å². The van der Waals surface area contributed by atoms with Crippen molar-refractivity contribution >= 4 is 27.3 Å². The Hall–Kier alpha value is -2.67. The molecule has 0 bridgehead atoms. The molecule has 0 saturated heterocycles. The molecular weight excluding hydrogens is 364 g/mol. The number of hydrogen-bond acceptors (Lipinski definition) is 4. The van der Waals surface area contributed by atoms with Crippen molar-refractivity contribution in [3.8, 4) is 0 Å². The van der Waals surface area contributed by atoms with Crippen molar-refractivity contribution in [2.45, 2.75) is 25.9 Å². The number of benzene rings is 2. The van der Waals surface area contributed by atoms with Crippen molar-refractivity contribution in [1.29, 1.82) is 0 Å². The monoisotopic (exact) mass is 386 g/mol. The lowest BCUT2D eigenvalue weighted by Crippen LogP contribution is -2.45. The molecule has 0 radical (unpaired) electrons. The fourth-order valence-corrected chi connectivity index (χ4v) is 3.86. The number of carbonyl (C=O) groups is 2. The van der Waals surface area contributed by atoms with Gasteiger partial charge in [0.25, 0.3) is 5.91 Å². The van der Waals surface area contributed by atoms with Gasteiger partial charge in [-0.25, -0.2) is 8.42 Å². The lowest BCUT2D eigenvalue weighted by atomic mass is 10.1. The summed E-state index contributed by atoms with van der Waals surface area (Å²) in [5.41, 5.74) is 2.95. The maximum atomic E-state index is 13.0. The molecule has 0 saturated carbocycles. The molecule has 2 aromatic rings. The second kappa shape index (κ2) is 7.52. The summed E-state index contributed by atoms with van der Waals surface area (Å²) in [6, 6.07) is 13.7. The first-order chi connectivity index (χ1) is 12.8. The Morgan fingerprint density at radius 3 is 2.48 bits per heavy atom. The van der Waals surface area contributed by atoms with E-state index in [1.54, 1.807) is 18.2 Å². The average molecular weight is 386 g/mol. The van der Waals surface area contributed by atoms with Crippen LogP contribution in [0.4, 0.5) is 5.69 Å². The molecule has 27 heavy (non-hydrogen) atoms. The molecule has 0 fully saturated rings. The zero-order valence-corrected chi connectivity index (χ0v) is 16.1. The quantitative estimate of drug-likeness (QED) is 0.826. The highest BCUT2D eigenvalue weighted by molar-refractivity contribution is 7.90. The number of fused-ring (bicyclic) bond motifs is 1. The number of hydrogen-bond donors (Lipinski definition) is 1. The molecule has 1 heterocycles. The summed E-state index contributed by atoms with van der Waals surface area (Å²) < 4.78 is 23.3. The Balaban J connectivity index is 1.86. The lowest BCUT2D eigenvalue weighted by molar-refractivity contribution is -0.120. The number of carbonyl (C=O) groups excluding carboxylic acids is 2. The number of amides is 2. The first kappa shape index (κ1) is 19.1. The second-order valence-corrected chi connectivity index (χ2v) is 9.09. The summed E-state index contributed by atoms with van der Waals surface area (Å²) >= 11 is 0. The van der Waals surface area contributed by atoms with Crippen molar-refractivity contribution in [1.82, 2.24) is 4.90 Å². The fourth-order valence-electron chi connectivity index (χ4n) is 3.21. The molecule has 0 spiro atoms. The fraction of sp³-hybridized carbons (Fsp3) is 0.300. The predicted molar refractivity (Wildman–Crippen MR) is 104 cm³/mol. The van der Waals surface area contributed by atoms with Crippen LogP contribution in [0.5, 0.6) is 0 Å². The van der Waals surface area contributed by atoms with Crippen LogP contribution >= 0.6 is 0 Å².